The Morgan fingerprint density at radius 2 is 1.73 bits per heavy atom. The van der Waals surface area contributed by atoms with Crippen LogP contribution in [-0.2, 0) is 0 Å². The molecule has 2 heterocycles. The number of hydrogen-bond acceptors (Lipinski definition) is 6. The summed E-state index contributed by atoms with van der Waals surface area (Å²) in [5.41, 5.74) is 3.49. The molecule has 4 aromatic rings. The number of rotatable bonds is 8. The molecule has 7 heteroatoms. The first-order chi connectivity index (χ1) is 15.9. The molecular formula is C26H22ClNO4S. The standard InChI is InChI=1S/C26H22ClNO4S/c1-15-5-4-6-18-19(14-33-26(15)18)20-12-17(27)13-21(28-20)23(30)9-8-22(29)16-7-10-24(31-2)25(11-16)32-3/h4-7,10-14H,8-9H2,1-3H3. The van der Waals surface area contributed by atoms with Crippen molar-refractivity contribution in [3.8, 4) is 22.8 Å². The average Bonchev–Trinajstić information content (AvgIpc) is 3.27. The fourth-order valence-corrected chi connectivity index (χ4v) is 4.94. The van der Waals surface area contributed by atoms with E-state index in [0.29, 0.717) is 27.8 Å². The van der Waals surface area contributed by atoms with E-state index in [0.717, 1.165) is 10.9 Å². The topological polar surface area (TPSA) is 65.5 Å². The number of hydrogen-bond donors (Lipinski definition) is 0. The summed E-state index contributed by atoms with van der Waals surface area (Å²) in [6.45, 7) is 2.07. The van der Waals surface area contributed by atoms with Crippen LogP contribution < -0.4 is 9.47 Å². The van der Waals surface area contributed by atoms with Gasteiger partial charge in [-0.15, -0.1) is 11.3 Å². The van der Waals surface area contributed by atoms with Crippen LogP contribution >= 0.6 is 22.9 Å². The van der Waals surface area contributed by atoms with Gasteiger partial charge in [-0.3, -0.25) is 9.59 Å². The number of pyridine rings is 1. The Morgan fingerprint density at radius 1 is 0.970 bits per heavy atom. The smallest absolute Gasteiger partial charge is 0.181 e. The van der Waals surface area contributed by atoms with Crippen LogP contribution in [-0.4, -0.2) is 30.8 Å². The van der Waals surface area contributed by atoms with Crippen molar-refractivity contribution in [3.05, 3.63) is 75.8 Å². The molecule has 0 N–H and O–H groups in total. The molecule has 2 aromatic carbocycles. The van der Waals surface area contributed by atoms with Gasteiger partial charge in [0.2, 0.25) is 0 Å². The highest BCUT2D eigenvalue weighted by atomic mass is 35.5. The zero-order chi connectivity index (χ0) is 23.5. The van der Waals surface area contributed by atoms with Gasteiger partial charge in [-0.25, -0.2) is 4.98 Å². The number of aromatic nitrogens is 1. The summed E-state index contributed by atoms with van der Waals surface area (Å²) in [6, 6.07) is 14.4. The van der Waals surface area contributed by atoms with E-state index >= 15 is 0 Å². The van der Waals surface area contributed by atoms with Crippen LogP contribution in [0.4, 0.5) is 0 Å². The molecule has 0 unspecified atom stereocenters. The third-order valence-corrected chi connectivity index (χ3v) is 6.78. The van der Waals surface area contributed by atoms with Crippen molar-refractivity contribution < 1.29 is 19.1 Å². The monoisotopic (exact) mass is 479 g/mol. The maximum atomic E-state index is 12.9. The molecule has 0 aliphatic carbocycles. The second-order valence-corrected chi connectivity index (χ2v) is 8.89. The van der Waals surface area contributed by atoms with Gasteiger partial charge in [0.1, 0.15) is 5.69 Å². The lowest BCUT2D eigenvalue weighted by atomic mass is 10.0. The van der Waals surface area contributed by atoms with E-state index in [1.165, 1.54) is 24.5 Å². The predicted octanol–water partition coefficient (Wildman–Crippen LogP) is 6.79. The molecule has 0 amide bonds. The van der Waals surface area contributed by atoms with E-state index in [4.69, 9.17) is 21.1 Å². The number of aryl methyl sites for hydroxylation is 1. The second-order valence-electron chi connectivity index (χ2n) is 7.57. The van der Waals surface area contributed by atoms with Gasteiger partial charge in [0.05, 0.1) is 19.9 Å². The number of methoxy groups -OCH3 is 2. The van der Waals surface area contributed by atoms with Gasteiger partial charge in [0.15, 0.2) is 23.1 Å². The maximum Gasteiger partial charge on any atom is 0.181 e. The van der Waals surface area contributed by atoms with Crippen LogP contribution in [0.5, 0.6) is 11.5 Å². The predicted molar refractivity (Wildman–Crippen MR) is 132 cm³/mol. The first kappa shape index (κ1) is 23.0. The molecule has 4 rings (SSSR count). The van der Waals surface area contributed by atoms with Gasteiger partial charge in [-0.1, -0.05) is 29.8 Å². The number of Topliss-reactive ketones (excluding diaryl/α,β-unsaturated/α-hetero) is 2. The molecule has 5 nitrogen and oxygen atoms in total. The van der Waals surface area contributed by atoms with Gasteiger partial charge >= 0.3 is 0 Å². The Balaban J connectivity index is 1.54. The van der Waals surface area contributed by atoms with Crippen molar-refractivity contribution in [2.45, 2.75) is 19.8 Å². The highest BCUT2D eigenvalue weighted by molar-refractivity contribution is 7.18. The van der Waals surface area contributed by atoms with Crippen molar-refractivity contribution >= 4 is 44.6 Å². The van der Waals surface area contributed by atoms with Gasteiger partial charge in [0, 0.05) is 44.5 Å². The number of thiophene rings is 1. The Hall–Kier alpha value is -3.22. The highest BCUT2D eigenvalue weighted by Crippen LogP contribution is 2.36. The first-order valence-corrected chi connectivity index (χ1v) is 11.6. The van der Waals surface area contributed by atoms with Gasteiger partial charge in [-0.2, -0.15) is 0 Å². The van der Waals surface area contributed by atoms with E-state index in [1.807, 2.05) is 17.5 Å². The lowest BCUT2D eigenvalue weighted by molar-refractivity contribution is 0.0915. The van der Waals surface area contributed by atoms with Crippen molar-refractivity contribution in [1.82, 2.24) is 4.98 Å². The van der Waals surface area contributed by atoms with Gasteiger partial charge in [0.25, 0.3) is 0 Å². The van der Waals surface area contributed by atoms with Crippen LogP contribution in [0.2, 0.25) is 5.02 Å². The number of halogens is 1. The molecule has 0 saturated carbocycles. The highest BCUT2D eigenvalue weighted by Gasteiger charge is 2.17. The van der Waals surface area contributed by atoms with Crippen LogP contribution in [0.3, 0.4) is 0 Å². The van der Waals surface area contributed by atoms with E-state index in [9.17, 15) is 9.59 Å². The Labute approximate surface area is 200 Å². The summed E-state index contributed by atoms with van der Waals surface area (Å²) in [5, 5.41) is 3.55. The molecule has 2 aromatic heterocycles. The minimum absolute atomic E-state index is 0.0312. The fourth-order valence-electron chi connectivity index (χ4n) is 3.69. The Kier molecular flexibility index (Phi) is 6.77. The molecule has 0 aliphatic heterocycles. The third kappa shape index (κ3) is 4.77. The molecule has 0 fully saturated rings. The number of benzene rings is 2. The normalized spacial score (nSPS) is 10.9. The summed E-state index contributed by atoms with van der Waals surface area (Å²) < 4.78 is 11.6. The quantitative estimate of drug-likeness (QED) is 0.260. The van der Waals surface area contributed by atoms with Crippen molar-refractivity contribution in [2.24, 2.45) is 0 Å². The second kappa shape index (κ2) is 9.73. The summed E-state index contributed by atoms with van der Waals surface area (Å²) in [6.07, 6.45) is 0.0852. The van der Waals surface area contributed by atoms with E-state index in [-0.39, 0.29) is 30.1 Å². The molecule has 33 heavy (non-hydrogen) atoms. The Morgan fingerprint density at radius 3 is 2.48 bits per heavy atom. The van der Waals surface area contributed by atoms with E-state index in [1.54, 1.807) is 41.7 Å². The number of carbonyl (C=O) groups is 2. The lowest BCUT2D eigenvalue weighted by Crippen LogP contribution is -2.08. The van der Waals surface area contributed by atoms with Crippen molar-refractivity contribution in [1.29, 1.82) is 0 Å². The SMILES string of the molecule is COc1ccc(C(=O)CCC(=O)c2cc(Cl)cc(-c3csc4c(C)cccc34)n2)cc1OC. The molecule has 168 valence electrons. The molecule has 0 saturated heterocycles. The van der Waals surface area contributed by atoms with E-state index in [2.05, 4.69) is 18.0 Å². The number of ketones is 2. The summed E-state index contributed by atoms with van der Waals surface area (Å²) >= 11 is 7.97. The molecule has 0 aliphatic rings. The van der Waals surface area contributed by atoms with Crippen LogP contribution in [0.25, 0.3) is 21.3 Å². The molecule has 0 atom stereocenters. The number of nitrogens with zero attached hydrogens (tertiary/aromatic N) is 1. The third-order valence-electron chi connectivity index (χ3n) is 5.43. The number of fused-ring (bicyclic) bond motifs is 1. The lowest BCUT2D eigenvalue weighted by Gasteiger charge is -2.09. The zero-order valence-corrected chi connectivity index (χ0v) is 20.0. The zero-order valence-electron chi connectivity index (χ0n) is 18.5. The average molecular weight is 480 g/mol. The molecule has 0 radical (unpaired) electrons. The van der Waals surface area contributed by atoms with E-state index < -0.39 is 0 Å². The minimum atomic E-state index is -0.233. The van der Waals surface area contributed by atoms with Crippen molar-refractivity contribution in [2.75, 3.05) is 14.2 Å². The van der Waals surface area contributed by atoms with Crippen LogP contribution in [0, 0.1) is 6.92 Å². The summed E-state index contributed by atoms with van der Waals surface area (Å²) in [5.74, 6) is 0.611. The van der Waals surface area contributed by atoms with Crippen molar-refractivity contribution in [3.63, 3.8) is 0 Å². The largest absolute Gasteiger partial charge is 0.493 e. The van der Waals surface area contributed by atoms with Crippen LogP contribution in [0.1, 0.15) is 39.3 Å². The van der Waals surface area contributed by atoms with Gasteiger partial charge in [-0.05, 0) is 42.8 Å². The summed E-state index contributed by atoms with van der Waals surface area (Å²) in [4.78, 5) is 30.1. The Bertz CT molecular complexity index is 1360. The maximum absolute atomic E-state index is 12.9. The first-order valence-electron chi connectivity index (χ1n) is 10.3. The van der Waals surface area contributed by atoms with Crippen LogP contribution in [0.15, 0.2) is 53.9 Å². The fraction of sp³-hybridized carbons (Fsp3) is 0.192. The molecule has 0 bridgehead atoms. The summed E-state index contributed by atoms with van der Waals surface area (Å²) in [7, 11) is 3.04. The number of carbonyl (C=O) groups excluding carboxylic acids is 2. The minimum Gasteiger partial charge on any atom is -0.493 e. The number of ether oxygens (including phenoxy) is 2. The molecule has 0 spiro atoms. The van der Waals surface area contributed by atoms with Gasteiger partial charge < -0.3 is 9.47 Å². The molecular weight excluding hydrogens is 458 g/mol.